The topological polar surface area (TPSA) is 86.6 Å². The van der Waals surface area contributed by atoms with E-state index >= 15 is 0 Å². The molecule has 0 radical (unpaired) electrons. The van der Waals surface area contributed by atoms with E-state index < -0.39 is 29.6 Å². The Kier molecular flexibility index (Phi) is 4.80. The Balaban J connectivity index is 3.18. The SMILES string of the molecule is CCSC(=O)C1(C(O)C(C)C)NC(=O)C(C)C1O. The second-order valence-corrected chi connectivity index (χ2v) is 6.24. The molecule has 0 aromatic heterocycles. The van der Waals surface area contributed by atoms with Gasteiger partial charge in [-0.3, -0.25) is 9.59 Å². The van der Waals surface area contributed by atoms with Crippen molar-refractivity contribution in [2.45, 2.75) is 45.4 Å². The van der Waals surface area contributed by atoms with Crippen molar-refractivity contribution in [2.75, 3.05) is 5.75 Å². The third-order valence-corrected chi connectivity index (χ3v) is 4.28. The van der Waals surface area contributed by atoms with Gasteiger partial charge in [-0.05, 0) is 11.7 Å². The van der Waals surface area contributed by atoms with Crippen molar-refractivity contribution in [1.82, 2.24) is 5.32 Å². The number of rotatable bonds is 4. The van der Waals surface area contributed by atoms with E-state index in [1.165, 1.54) is 0 Å². The summed E-state index contributed by atoms with van der Waals surface area (Å²) in [5, 5.41) is 22.6. The van der Waals surface area contributed by atoms with Crippen LogP contribution in [0.4, 0.5) is 0 Å². The molecule has 0 aliphatic carbocycles. The zero-order chi connectivity index (χ0) is 14.1. The minimum absolute atomic E-state index is 0.244. The van der Waals surface area contributed by atoms with Crippen LogP contribution in [0.3, 0.4) is 0 Å². The highest BCUT2D eigenvalue weighted by atomic mass is 32.2. The molecule has 0 saturated carbocycles. The molecule has 1 heterocycles. The first-order chi connectivity index (χ1) is 8.28. The van der Waals surface area contributed by atoms with Crippen molar-refractivity contribution in [3.63, 3.8) is 0 Å². The van der Waals surface area contributed by atoms with Crippen molar-refractivity contribution in [3.05, 3.63) is 0 Å². The zero-order valence-electron chi connectivity index (χ0n) is 11.1. The molecule has 4 atom stereocenters. The Morgan fingerprint density at radius 2 is 2.11 bits per heavy atom. The molecule has 18 heavy (non-hydrogen) atoms. The summed E-state index contributed by atoms with van der Waals surface area (Å²) in [7, 11) is 0. The molecular formula is C12H21NO4S. The molecule has 0 aromatic carbocycles. The Bertz CT molecular complexity index is 347. The van der Waals surface area contributed by atoms with Gasteiger partial charge in [0, 0.05) is 0 Å². The smallest absolute Gasteiger partial charge is 0.226 e. The fourth-order valence-electron chi connectivity index (χ4n) is 2.25. The van der Waals surface area contributed by atoms with Gasteiger partial charge in [0.15, 0.2) is 5.54 Å². The molecule has 1 amide bonds. The van der Waals surface area contributed by atoms with Gasteiger partial charge in [0.2, 0.25) is 11.0 Å². The van der Waals surface area contributed by atoms with E-state index in [-0.39, 0.29) is 11.0 Å². The molecule has 0 aromatic rings. The third-order valence-electron chi connectivity index (χ3n) is 3.39. The number of carbonyl (C=O) groups is 2. The van der Waals surface area contributed by atoms with Crippen LogP contribution in [-0.4, -0.2) is 44.7 Å². The maximum atomic E-state index is 12.2. The van der Waals surface area contributed by atoms with E-state index in [9.17, 15) is 19.8 Å². The Labute approximate surface area is 111 Å². The lowest BCUT2D eigenvalue weighted by atomic mass is 9.81. The van der Waals surface area contributed by atoms with Gasteiger partial charge in [-0.25, -0.2) is 0 Å². The number of thioether (sulfide) groups is 1. The van der Waals surface area contributed by atoms with Crippen molar-refractivity contribution in [1.29, 1.82) is 0 Å². The number of nitrogens with one attached hydrogen (secondary N) is 1. The molecule has 6 heteroatoms. The molecule has 1 saturated heterocycles. The molecule has 1 fully saturated rings. The summed E-state index contributed by atoms with van der Waals surface area (Å²) in [5.74, 6) is -0.804. The Morgan fingerprint density at radius 1 is 1.56 bits per heavy atom. The fraction of sp³-hybridized carbons (Fsp3) is 0.833. The minimum atomic E-state index is -1.58. The van der Waals surface area contributed by atoms with Gasteiger partial charge < -0.3 is 15.5 Å². The van der Waals surface area contributed by atoms with E-state index in [1.54, 1.807) is 20.8 Å². The van der Waals surface area contributed by atoms with Crippen molar-refractivity contribution in [2.24, 2.45) is 11.8 Å². The monoisotopic (exact) mass is 275 g/mol. The van der Waals surface area contributed by atoms with Gasteiger partial charge in [0.25, 0.3) is 0 Å². The molecule has 1 aliphatic rings. The predicted octanol–water partition coefficient (Wildman–Crippen LogP) is 0.149. The molecule has 1 aliphatic heterocycles. The quantitative estimate of drug-likeness (QED) is 0.680. The van der Waals surface area contributed by atoms with E-state index in [4.69, 9.17) is 0 Å². The number of aliphatic hydroxyl groups is 2. The second kappa shape index (κ2) is 5.59. The molecule has 104 valence electrons. The average molecular weight is 275 g/mol. The first-order valence-corrected chi connectivity index (χ1v) is 7.12. The van der Waals surface area contributed by atoms with Crippen LogP contribution >= 0.6 is 11.8 Å². The summed E-state index contributed by atoms with van der Waals surface area (Å²) in [6, 6.07) is 0. The largest absolute Gasteiger partial charge is 0.390 e. The summed E-state index contributed by atoms with van der Waals surface area (Å²) in [4.78, 5) is 23.9. The number of carbonyl (C=O) groups excluding carboxylic acids is 2. The van der Waals surface area contributed by atoms with Crippen LogP contribution in [0.1, 0.15) is 27.7 Å². The number of aliphatic hydroxyl groups excluding tert-OH is 2. The predicted molar refractivity (Wildman–Crippen MR) is 70.0 cm³/mol. The van der Waals surface area contributed by atoms with Gasteiger partial charge in [0.05, 0.1) is 18.1 Å². The van der Waals surface area contributed by atoms with E-state index in [2.05, 4.69) is 5.32 Å². The number of amides is 1. The van der Waals surface area contributed by atoms with E-state index in [0.717, 1.165) is 11.8 Å². The highest BCUT2D eigenvalue weighted by Gasteiger charge is 2.60. The normalized spacial score (nSPS) is 33.6. The number of hydrogen-bond donors (Lipinski definition) is 3. The van der Waals surface area contributed by atoms with Crippen molar-refractivity contribution < 1.29 is 19.8 Å². The standard InChI is InChI=1S/C12H21NO4S/c1-5-18-11(17)12(8(14)6(2)3)9(15)7(4)10(16)13-12/h6-9,14-15H,5H2,1-4H3,(H,13,16). The summed E-state index contributed by atoms with van der Waals surface area (Å²) in [6.45, 7) is 6.86. The molecular weight excluding hydrogens is 254 g/mol. The van der Waals surface area contributed by atoms with Crippen LogP contribution in [0.25, 0.3) is 0 Å². The summed E-state index contributed by atoms with van der Waals surface area (Å²) >= 11 is 1.01. The average Bonchev–Trinajstić information content (AvgIpc) is 2.54. The highest BCUT2D eigenvalue weighted by molar-refractivity contribution is 8.13. The minimum Gasteiger partial charge on any atom is -0.390 e. The van der Waals surface area contributed by atoms with E-state index in [1.807, 2.05) is 6.92 Å². The summed E-state index contributed by atoms with van der Waals surface area (Å²) in [6.07, 6.45) is -2.30. The molecule has 3 N–H and O–H groups in total. The summed E-state index contributed by atoms with van der Waals surface area (Å²) < 4.78 is 0. The molecule has 0 bridgehead atoms. The highest BCUT2D eigenvalue weighted by Crippen LogP contribution is 2.35. The molecule has 5 nitrogen and oxygen atoms in total. The lowest BCUT2D eigenvalue weighted by Gasteiger charge is -2.37. The fourth-order valence-corrected chi connectivity index (χ4v) is 3.04. The molecule has 0 spiro atoms. The Hall–Kier alpha value is -0.590. The van der Waals surface area contributed by atoms with Crippen LogP contribution < -0.4 is 5.32 Å². The third kappa shape index (κ3) is 2.29. The summed E-state index contributed by atoms with van der Waals surface area (Å²) in [5.41, 5.74) is -1.58. The van der Waals surface area contributed by atoms with Crippen molar-refractivity contribution >= 4 is 22.8 Å². The maximum absolute atomic E-state index is 12.2. The lowest BCUT2D eigenvalue weighted by Crippen LogP contribution is -2.64. The van der Waals surface area contributed by atoms with Crippen LogP contribution in [0.15, 0.2) is 0 Å². The van der Waals surface area contributed by atoms with Crippen LogP contribution in [0, 0.1) is 11.8 Å². The van der Waals surface area contributed by atoms with Gasteiger partial charge in [-0.1, -0.05) is 39.5 Å². The van der Waals surface area contributed by atoms with Gasteiger partial charge in [-0.2, -0.15) is 0 Å². The van der Waals surface area contributed by atoms with Gasteiger partial charge in [-0.15, -0.1) is 0 Å². The van der Waals surface area contributed by atoms with Crippen molar-refractivity contribution in [3.8, 4) is 0 Å². The maximum Gasteiger partial charge on any atom is 0.226 e. The van der Waals surface area contributed by atoms with Crippen LogP contribution in [-0.2, 0) is 9.59 Å². The van der Waals surface area contributed by atoms with E-state index in [0.29, 0.717) is 5.75 Å². The van der Waals surface area contributed by atoms with Gasteiger partial charge >= 0.3 is 0 Å². The molecule has 1 rings (SSSR count). The Morgan fingerprint density at radius 3 is 2.44 bits per heavy atom. The van der Waals surface area contributed by atoms with Gasteiger partial charge in [0.1, 0.15) is 0 Å². The zero-order valence-corrected chi connectivity index (χ0v) is 12.0. The van der Waals surface area contributed by atoms with Crippen LogP contribution in [0.2, 0.25) is 0 Å². The lowest BCUT2D eigenvalue weighted by molar-refractivity contribution is -0.131. The number of hydrogen-bond acceptors (Lipinski definition) is 5. The van der Waals surface area contributed by atoms with Crippen LogP contribution in [0.5, 0.6) is 0 Å². The molecule has 4 unspecified atom stereocenters. The first kappa shape index (κ1) is 15.5. The second-order valence-electron chi connectivity index (χ2n) is 5.00. The first-order valence-electron chi connectivity index (χ1n) is 6.14.